The van der Waals surface area contributed by atoms with Crippen LogP contribution in [0.2, 0.25) is 18.1 Å². The Balaban J connectivity index is 2.38. The van der Waals surface area contributed by atoms with E-state index in [1.54, 1.807) is 27.7 Å². The predicted molar refractivity (Wildman–Crippen MR) is 107 cm³/mol. The van der Waals surface area contributed by atoms with Crippen LogP contribution in [0.15, 0.2) is 17.5 Å². The number of carbonyl (C=O) groups excluding carboxylic acids is 2. The van der Waals surface area contributed by atoms with E-state index in [4.69, 9.17) is 9.16 Å². The Morgan fingerprint density at radius 2 is 1.81 bits per heavy atom. The Morgan fingerprint density at radius 3 is 2.23 bits per heavy atom. The normalized spacial score (nSPS) is 24.4. The Labute approximate surface area is 161 Å². The lowest BCUT2D eigenvalue weighted by Crippen LogP contribution is -2.72. The number of hydrogen-bond acceptors (Lipinski definition) is 5. The van der Waals surface area contributed by atoms with Gasteiger partial charge in [-0.3, -0.25) is 4.79 Å². The molecule has 1 aromatic rings. The Bertz CT molecular complexity index is 687. The van der Waals surface area contributed by atoms with Gasteiger partial charge < -0.3 is 9.16 Å². The maximum atomic E-state index is 13.0. The molecule has 0 spiro atoms. The van der Waals surface area contributed by atoms with Gasteiger partial charge in [0.2, 0.25) is 0 Å². The Kier molecular flexibility index (Phi) is 5.25. The fourth-order valence-corrected chi connectivity index (χ4v) is 5.28. The molecule has 2 heterocycles. The molecule has 0 N–H and O–H groups in total. The van der Waals surface area contributed by atoms with Gasteiger partial charge in [-0.1, -0.05) is 26.8 Å². The SMILES string of the molecule is CC(C)(C)OC(=O)N1C(=O)[C@](C)(O[Si](C)(C)C(C)(C)C)[C@@H]1c1cccs1. The van der Waals surface area contributed by atoms with Crippen molar-refractivity contribution in [3.8, 4) is 0 Å². The van der Waals surface area contributed by atoms with E-state index in [2.05, 4.69) is 33.9 Å². The van der Waals surface area contributed by atoms with Gasteiger partial charge in [-0.15, -0.1) is 11.3 Å². The molecule has 1 aliphatic heterocycles. The number of imide groups is 1. The number of β-lactam (4-membered cyclic amide) rings is 1. The quantitative estimate of drug-likeness (QED) is 0.510. The van der Waals surface area contributed by atoms with Crippen LogP contribution in [0, 0.1) is 0 Å². The molecule has 1 saturated heterocycles. The van der Waals surface area contributed by atoms with Gasteiger partial charge in [0.15, 0.2) is 13.9 Å². The molecule has 26 heavy (non-hydrogen) atoms. The molecule has 0 aliphatic carbocycles. The van der Waals surface area contributed by atoms with Gasteiger partial charge in [0.05, 0.1) is 0 Å². The molecule has 0 unspecified atom stereocenters. The van der Waals surface area contributed by atoms with Crippen LogP contribution in [0.5, 0.6) is 0 Å². The molecule has 2 rings (SSSR count). The van der Waals surface area contributed by atoms with E-state index < -0.39 is 31.7 Å². The molecule has 2 amide bonds. The van der Waals surface area contributed by atoms with Crippen LogP contribution >= 0.6 is 11.3 Å². The molecule has 5 nitrogen and oxygen atoms in total. The number of rotatable bonds is 3. The molecule has 7 heteroatoms. The van der Waals surface area contributed by atoms with Crippen LogP contribution in [0.3, 0.4) is 0 Å². The molecule has 1 aliphatic rings. The van der Waals surface area contributed by atoms with Gasteiger partial charge in [0, 0.05) is 4.88 Å². The first-order valence-electron chi connectivity index (χ1n) is 8.90. The minimum Gasteiger partial charge on any atom is -0.443 e. The van der Waals surface area contributed by atoms with Gasteiger partial charge >= 0.3 is 6.09 Å². The summed E-state index contributed by atoms with van der Waals surface area (Å²) < 4.78 is 12.0. The van der Waals surface area contributed by atoms with Gasteiger partial charge in [-0.25, -0.2) is 9.69 Å². The summed E-state index contributed by atoms with van der Waals surface area (Å²) in [6.45, 7) is 17.8. The van der Waals surface area contributed by atoms with Crippen LogP contribution < -0.4 is 0 Å². The van der Waals surface area contributed by atoms with Crippen LogP contribution in [-0.2, 0) is 14.0 Å². The summed E-state index contributed by atoms with van der Waals surface area (Å²) in [7, 11) is -2.21. The van der Waals surface area contributed by atoms with Crippen LogP contribution in [0.1, 0.15) is 59.4 Å². The smallest absolute Gasteiger partial charge is 0.417 e. The number of likely N-dealkylation sites (tertiary alicyclic amines) is 1. The van der Waals surface area contributed by atoms with Crippen molar-refractivity contribution in [3.05, 3.63) is 22.4 Å². The van der Waals surface area contributed by atoms with Crippen molar-refractivity contribution in [2.24, 2.45) is 0 Å². The zero-order valence-electron chi connectivity index (χ0n) is 17.3. The van der Waals surface area contributed by atoms with E-state index in [0.29, 0.717) is 0 Å². The molecule has 1 aromatic heterocycles. The lowest BCUT2D eigenvalue weighted by molar-refractivity contribution is -0.181. The van der Waals surface area contributed by atoms with E-state index >= 15 is 0 Å². The third kappa shape index (κ3) is 3.75. The highest BCUT2D eigenvalue weighted by atomic mass is 32.1. The van der Waals surface area contributed by atoms with Gasteiger partial charge in [0.1, 0.15) is 11.6 Å². The number of ether oxygens (including phenoxy) is 1. The minimum absolute atomic E-state index is 0.0391. The van der Waals surface area contributed by atoms with Gasteiger partial charge in [0.25, 0.3) is 5.91 Å². The van der Waals surface area contributed by atoms with Gasteiger partial charge in [-0.05, 0) is 57.3 Å². The highest BCUT2D eigenvalue weighted by Crippen LogP contribution is 2.51. The molecule has 0 saturated carbocycles. The summed E-state index contributed by atoms with van der Waals surface area (Å²) in [5.74, 6) is -0.324. The molecule has 146 valence electrons. The molecular formula is C19H31NO4SSi. The lowest BCUT2D eigenvalue weighted by Gasteiger charge is -2.55. The zero-order chi connectivity index (χ0) is 20.1. The summed E-state index contributed by atoms with van der Waals surface area (Å²) in [5.41, 5.74) is -1.71. The number of thiophene rings is 1. The molecule has 2 atom stereocenters. The van der Waals surface area contributed by atoms with Crippen LogP contribution in [0.25, 0.3) is 0 Å². The first kappa shape index (κ1) is 21.1. The molecular weight excluding hydrogens is 366 g/mol. The minimum atomic E-state index is -2.21. The summed E-state index contributed by atoms with van der Waals surface area (Å²) in [6, 6.07) is 3.40. The highest BCUT2D eigenvalue weighted by molar-refractivity contribution is 7.10. The van der Waals surface area contributed by atoms with Crippen molar-refractivity contribution in [3.63, 3.8) is 0 Å². The average Bonchev–Trinajstić information content (AvgIpc) is 2.93. The maximum Gasteiger partial charge on any atom is 0.417 e. The topological polar surface area (TPSA) is 55.8 Å². The van der Waals surface area contributed by atoms with E-state index in [-0.39, 0.29) is 10.9 Å². The van der Waals surface area contributed by atoms with E-state index in [1.807, 2.05) is 17.5 Å². The van der Waals surface area contributed by atoms with Crippen molar-refractivity contribution in [2.45, 2.75) is 83.8 Å². The maximum absolute atomic E-state index is 13.0. The first-order chi connectivity index (χ1) is 11.6. The standard InChI is InChI=1S/C19H31NO4SSi/c1-17(2,3)23-16(22)20-14(13-11-10-12-25-13)19(7,15(20)21)24-26(8,9)18(4,5)6/h10-12,14H,1-9H3/t14-,19+/m0/s1. The number of nitrogens with zero attached hydrogens (tertiary/aromatic N) is 1. The molecule has 0 bridgehead atoms. The molecule has 0 radical (unpaired) electrons. The van der Waals surface area contributed by atoms with E-state index in [1.165, 1.54) is 16.2 Å². The largest absolute Gasteiger partial charge is 0.443 e. The second-order valence-corrected chi connectivity index (χ2v) is 15.2. The fourth-order valence-electron chi connectivity index (χ4n) is 2.78. The van der Waals surface area contributed by atoms with Crippen molar-refractivity contribution >= 4 is 31.7 Å². The van der Waals surface area contributed by atoms with E-state index in [9.17, 15) is 9.59 Å². The van der Waals surface area contributed by atoms with Crippen molar-refractivity contribution in [2.75, 3.05) is 0 Å². The Morgan fingerprint density at radius 1 is 1.23 bits per heavy atom. The zero-order valence-corrected chi connectivity index (χ0v) is 19.1. The third-order valence-corrected chi connectivity index (χ3v) is 10.6. The second-order valence-electron chi connectivity index (χ2n) is 9.54. The lowest BCUT2D eigenvalue weighted by atomic mass is 9.83. The first-order valence-corrected chi connectivity index (χ1v) is 12.7. The fraction of sp³-hybridized carbons (Fsp3) is 0.684. The highest BCUT2D eigenvalue weighted by Gasteiger charge is 2.65. The second kappa shape index (κ2) is 6.46. The monoisotopic (exact) mass is 397 g/mol. The average molecular weight is 398 g/mol. The summed E-state index contributed by atoms with van der Waals surface area (Å²) in [6.07, 6.45) is -0.614. The van der Waals surface area contributed by atoms with E-state index in [0.717, 1.165) is 4.88 Å². The third-order valence-electron chi connectivity index (χ3n) is 5.10. The molecule has 0 aromatic carbocycles. The number of hydrogen-bond donors (Lipinski definition) is 0. The van der Waals surface area contributed by atoms with Crippen LogP contribution in [0.4, 0.5) is 4.79 Å². The number of carbonyl (C=O) groups is 2. The number of amides is 2. The molecule has 1 fully saturated rings. The summed E-state index contributed by atoms with van der Waals surface area (Å²) in [5, 5.41) is 1.90. The Hall–Kier alpha value is -1.18. The van der Waals surface area contributed by atoms with Crippen molar-refractivity contribution in [1.82, 2.24) is 4.90 Å². The van der Waals surface area contributed by atoms with Crippen LogP contribution in [-0.4, -0.2) is 36.4 Å². The van der Waals surface area contributed by atoms with Gasteiger partial charge in [-0.2, -0.15) is 0 Å². The van der Waals surface area contributed by atoms with Crippen molar-refractivity contribution < 1.29 is 18.8 Å². The summed E-state index contributed by atoms with van der Waals surface area (Å²) >= 11 is 1.52. The summed E-state index contributed by atoms with van der Waals surface area (Å²) in [4.78, 5) is 27.8. The predicted octanol–water partition coefficient (Wildman–Crippen LogP) is 5.35. The van der Waals surface area contributed by atoms with Crippen molar-refractivity contribution in [1.29, 1.82) is 0 Å².